The third kappa shape index (κ3) is 2.02. The Hall–Kier alpha value is -1.76. The Morgan fingerprint density at radius 3 is 2.60 bits per heavy atom. The highest BCUT2D eigenvalue weighted by Crippen LogP contribution is 2.34. The number of aromatic hydroxyl groups is 1. The lowest BCUT2D eigenvalue weighted by molar-refractivity contribution is 0.0699. The van der Waals surface area contributed by atoms with Crippen molar-refractivity contribution in [2.75, 3.05) is 0 Å². The lowest BCUT2D eigenvalue weighted by Crippen LogP contribution is -1.91. The fourth-order valence-electron chi connectivity index (χ4n) is 1.82. The molecule has 0 bridgehead atoms. The molecule has 2 heterocycles. The average Bonchev–Trinajstić information content (AvgIpc) is 2.93. The van der Waals surface area contributed by atoms with Crippen molar-refractivity contribution < 1.29 is 15.0 Å². The molecule has 0 spiro atoms. The van der Waals surface area contributed by atoms with Crippen molar-refractivity contribution in [1.82, 2.24) is 9.55 Å². The minimum atomic E-state index is -1.18. The first kappa shape index (κ1) is 13.2. The topological polar surface area (TPSA) is 75.3 Å². The quantitative estimate of drug-likeness (QED) is 0.750. The molecule has 0 amide bonds. The van der Waals surface area contributed by atoms with Gasteiger partial charge in [-0.05, 0) is 12.1 Å². The summed E-state index contributed by atoms with van der Waals surface area (Å²) in [5.74, 6) is -1.45. The Morgan fingerprint density at radius 2 is 1.95 bits per heavy atom. The molecule has 102 valence electrons. The zero-order chi connectivity index (χ0) is 14.4. The first-order valence-corrected chi connectivity index (χ1v) is 6.93. The van der Waals surface area contributed by atoms with Crippen LogP contribution in [0.15, 0.2) is 24.5 Å². The Bertz CT molecular complexity index is 841. The van der Waals surface area contributed by atoms with E-state index in [1.807, 2.05) is 0 Å². The fourth-order valence-corrected chi connectivity index (χ4v) is 3.01. The predicted molar refractivity (Wildman–Crippen MR) is 77.6 cm³/mol. The van der Waals surface area contributed by atoms with E-state index in [0.29, 0.717) is 26.1 Å². The number of carboxylic acids is 1. The van der Waals surface area contributed by atoms with E-state index in [-0.39, 0.29) is 10.6 Å². The lowest BCUT2D eigenvalue weighted by atomic mass is 10.3. The highest BCUT2D eigenvalue weighted by atomic mass is 35.5. The predicted octanol–water partition coefficient (Wildman–Crippen LogP) is 3.80. The number of hydrogen-bond acceptors (Lipinski definition) is 4. The fraction of sp³-hybridized carbons (Fsp3) is 0. The number of imidazole rings is 1. The van der Waals surface area contributed by atoms with Gasteiger partial charge in [-0.1, -0.05) is 23.2 Å². The highest BCUT2D eigenvalue weighted by Gasteiger charge is 2.17. The Morgan fingerprint density at radius 1 is 1.25 bits per heavy atom. The number of benzene rings is 1. The van der Waals surface area contributed by atoms with Gasteiger partial charge in [-0.2, -0.15) is 0 Å². The van der Waals surface area contributed by atoms with Crippen molar-refractivity contribution in [3.05, 3.63) is 39.4 Å². The van der Waals surface area contributed by atoms with Crippen LogP contribution in [0.1, 0.15) is 9.67 Å². The molecule has 1 aromatic carbocycles. The molecule has 0 aliphatic carbocycles. The molecule has 0 saturated carbocycles. The van der Waals surface area contributed by atoms with Gasteiger partial charge in [0.15, 0.2) is 4.88 Å². The van der Waals surface area contributed by atoms with Crippen LogP contribution in [0.3, 0.4) is 0 Å². The second kappa shape index (κ2) is 4.66. The van der Waals surface area contributed by atoms with Crippen molar-refractivity contribution in [3.8, 4) is 10.8 Å². The second-order valence-electron chi connectivity index (χ2n) is 3.97. The number of rotatable bonds is 2. The van der Waals surface area contributed by atoms with Crippen LogP contribution >= 0.6 is 34.5 Å². The van der Waals surface area contributed by atoms with E-state index < -0.39 is 5.97 Å². The van der Waals surface area contributed by atoms with Crippen LogP contribution in [0.4, 0.5) is 0 Å². The molecule has 8 heteroatoms. The van der Waals surface area contributed by atoms with Crippen molar-refractivity contribution >= 4 is 51.5 Å². The smallest absolute Gasteiger partial charge is 0.349 e. The molecule has 20 heavy (non-hydrogen) atoms. The molecule has 0 fully saturated rings. The van der Waals surface area contributed by atoms with Crippen LogP contribution in [0.25, 0.3) is 16.0 Å². The van der Waals surface area contributed by atoms with Crippen molar-refractivity contribution in [3.63, 3.8) is 0 Å². The number of aromatic nitrogens is 2. The summed E-state index contributed by atoms with van der Waals surface area (Å²) < 4.78 is 1.65. The molecule has 2 N–H and O–H groups in total. The molecule has 0 radical (unpaired) electrons. The number of aromatic carboxylic acids is 1. The summed E-state index contributed by atoms with van der Waals surface area (Å²) in [7, 11) is 0. The maximum Gasteiger partial charge on any atom is 0.349 e. The summed E-state index contributed by atoms with van der Waals surface area (Å²) in [5.41, 5.74) is 1.31. The molecular weight excluding hydrogens is 323 g/mol. The normalized spacial score (nSPS) is 11.1. The molecule has 0 saturated heterocycles. The molecule has 3 rings (SSSR count). The van der Waals surface area contributed by atoms with Crippen LogP contribution < -0.4 is 0 Å². The summed E-state index contributed by atoms with van der Waals surface area (Å²) in [6, 6.07) is 4.64. The number of carboxylic acid groups (broad SMARTS) is 1. The monoisotopic (exact) mass is 328 g/mol. The van der Waals surface area contributed by atoms with E-state index in [4.69, 9.17) is 28.3 Å². The second-order valence-corrected chi connectivity index (χ2v) is 5.82. The number of thiophene rings is 1. The number of carbonyl (C=O) groups is 1. The number of fused-ring (bicyclic) bond motifs is 1. The first-order chi connectivity index (χ1) is 9.47. The van der Waals surface area contributed by atoms with Crippen LogP contribution in [0, 0.1) is 0 Å². The van der Waals surface area contributed by atoms with Crippen molar-refractivity contribution in [1.29, 1.82) is 0 Å². The van der Waals surface area contributed by atoms with Crippen LogP contribution in [-0.4, -0.2) is 25.7 Å². The maximum absolute atomic E-state index is 11.0. The standard InChI is InChI=1S/C12H6Cl2N2O3S/c13-5-1-7-8(2-6(5)14)16(4-15-7)10-3-9(17)11(20-10)12(18)19/h1-4,17H,(H,18,19). The summed E-state index contributed by atoms with van der Waals surface area (Å²) in [6.45, 7) is 0. The Labute approximate surface area is 126 Å². The third-order valence-corrected chi connectivity index (χ3v) is 4.55. The summed E-state index contributed by atoms with van der Waals surface area (Å²) in [6.07, 6.45) is 1.52. The minimum absolute atomic E-state index is 0.123. The minimum Gasteiger partial charge on any atom is -0.506 e. The highest BCUT2D eigenvalue weighted by molar-refractivity contribution is 7.16. The molecule has 2 aromatic heterocycles. The summed E-state index contributed by atoms with van der Waals surface area (Å²) in [4.78, 5) is 15.0. The first-order valence-electron chi connectivity index (χ1n) is 5.36. The Balaban J connectivity index is 2.22. The third-order valence-electron chi connectivity index (χ3n) is 2.72. The molecule has 0 aliphatic rings. The SMILES string of the molecule is O=C(O)c1sc(-n2cnc3cc(Cl)c(Cl)cc32)cc1O. The van der Waals surface area contributed by atoms with Gasteiger partial charge < -0.3 is 10.2 Å². The lowest BCUT2D eigenvalue weighted by Gasteiger charge is -2.01. The van der Waals surface area contributed by atoms with Gasteiger partial charge in [0.05, 0.1) is 21.1 Å². The van der Waals surface area contributed by atoms with E-state index in [9.17, 15) is 9.90 Å². The van der Waals surface area contributed by atoms with E-state index in [1.54, 1.807) is 16.7 Å². The molecular formula is C12H6Cl2N2O3S. The van der Waals surface area contributed by atoms with E-state index >= 15 is 0 Å². The van der Waals surface area contributed by atoms with Gasteiger partial charge in [-0.3, -0.25) is 4.57 Å². The largest absolute Gasteiger partial charge is 0.506 e. The molecule has 5 nitrogen and oxygen atoms in total. The van der Waals surface area contributed by atoms with Gasteiger partial charge in [0, 0.05) is 6.07 Å². The zero-order valence-corrected chi connectivity index (χ0v) is 12.0. The molecule has 0 unspecified atom stereocenters. The van der Waals surface area contributed by atoms with Gasteiger partial charge in [0.2, 0.25) is 0 Å². The van der Waals surface area contributed by atoms with Gasteiger partial charge in [-0.25, -0.2) is 9.78 Å². The van der Waals surface area contributed by atoms with Crippen molar-refractivity contribution in [2.45, 2.75) is 0 Å². The zero-order valence-electron chi connectivity index (χ0n) is 9.67. The van der Waals surface area contributed by atoms with Crippen molar-refractivity contribution in [2.24, 2.45) is 0 Å². The van der Waals surface area contributed by atoms with Gasteiger partial charge in [0.25, 0.3) is 0 Å². The summed E-state index contributed by atoms with van der Waals surface area (Å²) >= 11 is 12.8. The average molecular weight is 329 g/mol. The molecule has 0 aliphatic heterocycles. The summed E-state index contributed by atoms with van der Waals surface area (Å²) in [5, 5.41) is 19.9. The maximum atomic E-state index is 11.0. The number of halogens is 2. The molecule has 3 aromatic rings. The van der Waals surface area contributed by atoms with Gasteiger partial charge in [0.1, 0.15) is 17.1 Å². The number of nitrogens with zero attached hydrogens (tertiary/aromatic N) is 2. The van der Waals surface area contributed by atoms with Crippen LogP contribution in [-0.2, 0) is 0 Å². The van der Waals surface area contributed by atoms with Crippen LogP contribution in [0.2, 0.25) is 10.0 Å². The van der Waals surface area contributed by atoms with Gasteiger partial charge >= 0.3 is 5.97 Å². The Kier molecular flexibility index (Phi) is 3.08. The van der Waals surface area contributed by atoms with E-state index in [0.717, 1.165) is 11.3 Å². The molecule has 0 atom stereocenters. The van der Waals surface area contributed by atoms with Gasteiger partial charge in [-0.15, -0.1) is 11.3 Å². The van der Waals surface area contributed by atoms with E-state index in [2.05, 4.69) is 4.98 Å². The number of hydrogen-bond donors (Lipinski definition) is 2. The van der Waals surface area contributed by atoms with E-state index in [1.165, 1.54) is 12.4 Å². The van der Waals surface area contributed by atoms with Crippen LogP contribution in [0.5, 0.6) is 5.75 Å².